The average molecular weight is 425 g/mol. The molecule has 29 heavy (non-hydrogen) atoms. The van der Waals surface area contributed by atoms with E-state index in [9.17, 15) is 4.79 Å². The maximum Gasteiger partial charge on any atom is 0.286 e. The SMILES string of the molecule is COc1ccc2nc(Cl)c(-c3nnc(C(=O)Nc4c(C)cccc4C)s3)cc2c1. The molecule has 0 saturated carbocycles. The van der Waals surface area contributed by atoms with Crippen LogP contribution in [-0.2, 0) is 0 Å². The van der Waals surface area contributed by atoms with Crippen molar-refractivity contribution in [1.29, 1.82) is 0 Å². The molecule has 0 aliphatic carbocycles. The van der Waals surface area contributed by atoms with Gasteiger partial charge in [-0.05, 0) is 49.2 Å². The molecule has 0 fully saturated rings. The van der Waals surface area contributed by atoms with Gasteiger partial charge in [0.1, 0.15) is 10.9 Å². The lowest BCUT2D eigenvalue weighted by Gasteiger charge is -2.09. The average Bonchev–Trinajstić information content (AvgIpc) is 3.20. The molecule has 4 rings (SSSR count). The van der Waals surface area contributed by atoms with Gasteiger partial charge in [-0.15, -0.1) is 10.2 Å². The summed E-state index contributed by atoms with van der Waals surface area (Å²) in [6, 6.07) is 13.3. The van der Waals surface area contributed by atoms with Gasteiger partial charge in [0.2, 0.25) is 5.01 Å². The molecule has 146 valence electrons. The van der Waals surface area contributed by atoms with Gasteiger partial charge in [0.05, 0.1) is 18.2 Å². The first kappa shape index (κ1) is 19.3. The summed E-state index contributed by atoms with van der Waals surface area (Å²) in [5.41, 5.74) is 4.12. The molecule has 0 aliphatic rings. The second-order valence-electron chi connectivity index (χ2n) is 6.52. The van der Waals surface area contributed by atoms with Crippen LogP contribution in [0.4, 0.5) is 5.69 Å². The Kier molecular flexibility index (Phi) is 5.17. The van der Waals surface area contributed by atoms with Gasteiger partial charge in [-0.3, -0.25) is 4.79 Å². The third-order valence-electron chi connectivity index (χ3n) is 4.54. The monoisotopic (exact) mass is 424 g/mol. The standard InChI is InChI=1S/C21H17ClN4O2S/c1-11-5-4-6-12(2)17(11)24-19(27)21-26-25-20(29-21)15-10-13-9-14(28-3)7-8-16(13)23-18(15)22/h4-10H,1-3H3,(H,24,27). The van der Waals surface area contributed by atoms with Crippen LogP contribution < -0.4 is 10.1 Å². The van der Waals surface area contributed by atoms with Crippen molar-refractivity contribution in [2.45, 2.75) is 13.8 Å². The van der Waals surface area contributed by atoms with Gasteiger partial charge in [0.25, 0.3) is 5.91 Å². The summed E-state index contributed by atoms with van der Waals surface area (Å²) in [7, 11) is 1.61. The number of benzene rings is 2. The number of aryl methyl sites for hydroxylation is 2. The molecule has 0 atom stereocenters. The predicted octanol–water partition coefficient (Wildman–Crippen LogP) is 5.28. The molecule has 0 bridgehead atoms. The third kappa shape index (κ3) is 3.79. The number of ether oxygens (including phenoxy) is 1. The minimum atomic E-state index is -0.308. The molecule has 2 heterocycles. The fourth-order valence-electron chi connectivity index (χ4n) is 3.01. The maximum atomic E-state index is 12.7. The Balaban J connectivity index is 1.66. The van der Waals surface area contributed by atoms with Gasteiger partial charge in [0, 0.05) is 11.1 Å². The largest absolute Gasteiger partial charge is 0.497 e. The van der Waals surface area contributed by atoms with Crippen LogP contribution in [0.25, 0.3) is 21.5 Å². The third-order valence-corrected chi connectivity index (χ3v) is 5.79. The number of anilines is 1. The van der Waals surface area contributed by atoms with E-state index in [2.05, 4.69) is 20.5 Å². The Bertz CT molecular complexity index is 1220. The van der Waals surface area contributed by atoms with Crippen LogP contribution in [-0.4, -0.2) is 28.2 Å². The number of carbonyl (C=O) groups is 1. The van der Waals surface area contributed by atoms with E-state index >= 15 is 0 Å². The Morgan fingerprint density at radius 2 is 1.86 bits per heavy atom. The van der Waals surface area contributed by atoms with Crippen LogP contribution in [0.2, 0.25) is 5.15 Å². The summed E-state index contributed by atoms with van der Waals surface area (Å²) in [4.78, 5) is 17.1. The van der Waals surface area contributed by atoms with E-state index < -0.39 is 0 Å². The van der Waals surface area contributed by atoms with Crippen LogP contribution in [0.5, 0.6) is 5.75 Å². The topological polar surface area (TPSA) is 77.0 Å². The van der Waals surface area contributed by atoms with Crippen molar-refractivity contribution in [3.63, 3.8) is 0 Å². The second-order valence-corrected chi connectivity index (χ2v) is 7.85. The number of aromatic nitrogens is 3. The molecule has 0 radical (unpaired) electrons. The van der Waals surface area contributed by atoms with Crippen LogP contribution >= 0.6 is 22.9 Å². The number of nitrogens with one attached hydrogen (secondary N) is 1. The van der Waals surface area contributed by atoms with E-state index in [0.29, 0.717) is 15.7 Å². The fraction of sp³-hybridized carbons (Fsp3) is 0.143. The van der Waals surface area contributed by atoms with E-state index in [0.717, 1.165) is 33.5 Å². The minimum absolute atomic E-state index is 0.254. The van der Waals surface area contributed by atoms with Crippen LogP contribution in [0.15, 0.2) is 42.5 Å². The molecule has 0 unspecified atom stereocenters. The summed E-state index contributed by atoms with van der Waals surface area (Å²) in [5.74, 6) is 0.413. The summed E-state index contributed by atoms with van der Waals surface area (Å²) in [6.45, 7) is 3.89. The van der Waals surface area contributed by atoms with E-state index in [-0.39, 0.29) is 10.9 Å². The zero-order valence-corrected chi connectivity index (χ0v) is 17.6. The number of hydrogen-bond acceptors (Lipinski definition) is 6. The number of hydrogen-bond donors (Lipinski definition) is 1. The van der Waals surface area contributed by atoms with E-state index in [4.69, 9.17) is 16.3 Å². The Morgan fingerprint density at radius 3 is 2.59 bits per heavy atom. The highest BCUT2D eigenvalue weighted by Crippen LogP contribution is 2.33. The van der Waals surface area contributed by atoms with Crippen LogP contribution in [0.1, 0.15) is 20.9 Å². The number of methoxy groups -OCH3 is 1. The van der Waals surface area contributed by atoms with Crippen molar-refractivity contribution >= 4 is 45.4 Å². The molecular weight excluding hydrogens is 408 g/mol. The van der Waals surface area contributed by atoms with E-state index in [1.54, 1.807) is 7.11 Å². The molecule has 0 aliphatic heterocycles. The van der Waals surface area contributed by atoms with E-state index in [1.165, 1.54) is 11.3 Å². The van der Waals surface area contributed by atoms with Crippen molar-refractivity contribution in [2.75, 3.05) is 12.4 Å². The molecule has 0 spiro atoms. The number of pyridine rings is 1. The summed E-state index contributed by atoms with van der Waals surface area (Å²) in [5, 5.41) is 13.1. The summed E-state index contributed by atoms with van der Waals surface area (Å²) in [6.07, 6.45) is 0. The Hall–Kier alpha value is -3.03. The number of nitrogens with zero attached hydrogens (tertiary/aromatic N) is 3. The van der Waals surface area contributed by atoms with E-state index in [1.807, 2.05) is 56.3 Å². The van der Waals surface area contributed by atoms with Crippen LogP contribution in [0, 0.1) is 13.8 Å². The lowest BCUT2D eigenvalue weighted by Crippen LogP contribution is -2.13. The van der Waals surface area contributed by atoms with Crippen molar-refractivity contribution in [3.8, 4) is 16.3 Å². The Labute approximate surface area is 176 Å². The molecule has 2 aromatic heterocycles. The van der Waals surface area contributed by atoms with Crippen molar-refractivity contribution < 1.29 is 9.53 Å². The summed E-state index contributed by atoms with van der Waals surface area (Å²) >= 11 is 7.54. The van der Waals surface area contributed by atoms with Gasteiger partial charge >= 0.3 is 0 Å². The molecule has 1 amide bonds. The number of carbonyl (C=O) groups excluding carboxylic acids is 1. The summed E-state index contributed by atoms with van der Waals surface area (Å²) < 4.78 is 5.27. The number of rotatable bonds is 4. The zero-order valence-electron chi connectivity index (χ0n) is 16.0. The van der Waals surface area contributed by atoms with Crippen molar-refractivity contribution in [2.24, 2.45) is 0 Å². The first-order valence-corrected chi connectivity index (χ1v) is 10.0. The lowest BCUT2D eigenvalue weighted by atomic mass is 10.1. The number of para-hydroxylation sites is 1. The van der Waals surface area contributed by atoms with Gasteiger partial charge < -0.3 is 10.1 Å². The highest BCUT2D eigenvalue weighted by atomic mass is 35.5. The predicted molar refractivity (Wildman–Crippen MR) is 116 cm³/mol. The quantitative estimate of drug-likeness (QED) is 0.451. The molecule has 0 saturated heterocycles. The highest BCUT2D eigenvalue weighted by Gasteiger charge is 2.18. The molecule has 6 nitrogen and oxygen atoms in total. The van der Waals surface area contributed by atoms with Gasteiger partial charge in [-0.25, -0.2) is 4.98 Å². The zero-order chi connectivity index (χ0) is 20.5. The number of amides is 1. The smallest absolute Gasteiger partial charge is 0.286 e. The first-order valence-electron chi connectivity index (χ1n) is 8.82. The van der Waals surface area contributed by atoms with Gasteiger partial charge in [0.15, 0.2) is 5.01 Å². The molecular formula is C21H17ClN4O2S. The number of halogens is 1. The molecule has 1 N–H and O–H groups in total. The first-order chi connectivity index (χ1) is 14.0. The van der Waals surface area contributed by atoms with Gasteiger partial charge in [-0.2, -0.15) is 0 Å². The minimum Gasteiger partial charge on any atom is -0.497 e. The molecule has 4 aromatic rings. The van der Waals surface area contributed by atoms with Crippen molar-refractivity contribution in [1.82, 2.24) is 15.2 Å². The second kappa shape index (κ2) is 7.77. The molecule has 2 aromatic carbocycles. The normalized spacial score (nSPS) is 10.9. The highest BCUT2D eigenvalue weighted by molar-refractivity contribution is 7.16. The van der Waals surface area contributed by atoms with Gasteiger partial charge in [-0.1, -0.05) is 41.1 Å². The maximum absolute atomic E-state index is 12.7. The fourth-order valence-corrected chi connectivity index (χ4v) is 4.06. The lowest BCUT2D eigenvalue weighted by molar-refractivity contribution is 0.102. The Morgan fingerprint density at radius 1 is 1.10 bits per heavy atom. The van der Waals surface area contributed by atoms with Crippen LogP contribution in [0.3, 0.4) is 0 Å². The molecule has 8 heteroatoms. The number of fused-ring (bicyclic) bond motifs is 1. The van der Waals surface area contributed by atoms with Crippen molar-refractivity contribution in [3.05, 3.63) is 63.8 Å².